The summed E-state index contributed by atoms with van der Waals surface area (Å²) < 4.78 is 0. The van der Waals surface area contributed by atoms with Gasteiger partial charge in [-0.05, 0) is 24.0 Å². The lowest BCUT2D eigenvalue weighted by Crippen LogP contribution is -2.29. The van der Waals surface area contributed by atoms with Gasteiger partial charge in [-0.1, -0.05) is 69.3 Å². The van der Waals surface area contributed by atoms with Crippen LogP contribution in [0.2, 0.25) is 0 Å². The van der Waals surface area contributed by atoms with Gasteiger partial charge in [-0.15, -0.1) is 0 Å². The Labute approximate surface area is 127 Å². The molecule has 0 spiro atoms. The average Bonchev–Trinajstić information content (AvgIpc) is 2.50. The van der Waals surface area contributed by atoms with Gasteiger partial charge in [0.15, 0.2) is 0 Å². The van der Waals surface area contributed by atoms with Gasteiger partial charge in [0.1, 0.15) is 5.75 Å². The van der Waals surface area contributed by atoms with Crippen LogP contribution in [0, 0.1) is 5.92 Å². The standard InChI is InChI=1S/C19H25NO/c1-4-17(16-12-8-9-13-18(16)21)20-19(14(2)3)15-10-6-5-7-11-15/h5-14,17,19-21H,4H2,1-3H3. The van der Waals surface area contributed by atoms with E-state index in [-0.39, 0.29) is 12.1 Å². The predicted molar refractivity (Wildman–Crippen MR) is 88.3 cm³/mol. The smallest absolute Gasteiger partial charge is 0.120 e. The van der Waals surface area contributed by atoms with Crippen molar-refractivity contribution in [2.45, 2.75) is 39.3 Å². The maximum atomic E-state index is 10.1. The molecular formula is C19H25NO. The summed E-state index contributed by atoms with van der Waals surface area (Å²) in [6.07, 6.45) is 0.938. The van der Waals surface area contributed by atoms with E-state index in [0.717, 1.165) is 12.0 Å². The lowest BCUT2D eigenvalue weighted by atomic mass is 9.93. The Morgan fingerprint density at radius 2 is 1.57 bits per heavy atom. The van der Waals surface area contributed by atoms with Gasteiger partial charge in [0.2, 0.25) is 0 Å². The van der Waals surface area contributed by atoms with Crippen LogP contribution in [0.1, 0.15) is 50.4 Å². The second kappa shape index (κ2) is 7.28. The number of hydrogen-bond acceptors (Lipinski definition) is 2. The number of benzene rings is 2. The van der Waals surface area contributed by atoms with E-state index in [1.807, 2.05) is 24.3 Å². The largest absolute Gasteiger partial charge is 0.508 e. The molecular weight excluding hydrogens is 258 g/mol. The second-order valence-corrected chi connectivity index (χ2v) is 5.82. The molecule has 0 saturated heterocycles. The molecule has 0 saturated carbocycles. The van der Waals surface area contributed by atoms with Crippen molar-refractivity contribution < 1.29 is 5.11 Å². The van der Waals surface area contributed by atoms with E-state index in [4.69, 9.17) is 0 Å². The molecule has 0 fully saturated rings. The van der Waals surface area contributed by atoms with E-state index in [0.29, 0.717) is 11.7 Å². The molecule has 0 bridgehead atoms. The van der Waals surface area contributed by atoms with Gasteiger partial charge < -0.3 is 10.4 Å². The van der Waals surface area contributed by atoms with E-state index >= 15 is 0 Å². The molecule has 0 aliphatic rings. The Morgan fingerprint density at radius 1 is 0.952 bits per heavy atom. The van der Waals surface area contributed by atoms with Gasteiger partial charge in [-0.25, -0.2) is 0 Å². The van der Waals surface area contributed by atoms with E-state index in [9.17, 15) is 5.11 Å². The summed E-state index contributed by atoms with van der Waals surface area (Å²) in [6, 6.07) is 18.5. The van der Waals surface area contributed by atoms with Crippen LogP contribution in [0.15, 0.2) is 54.6 Å². The Morgan fingerprint density at radius 3 is 2.14 bits per heavy atom. The maximum Gasteiger partial charge on any atom is 0.120 e. The first-order chi connectivity index (χ1) is 10.1. The summed E-state index contributed by atoms with van der Waals surface area (Å²) in [5.74, 6) is 0.847. The molecule has 2 heteroatoms. The van der Waals surface area contributed by atoms with Crippen molar-refractivity contribution in [3.63, 3.8) is 0 Å². The van der Waals surface area contributed by atoms with Crippen molar-refractivity contribution in [1.29, 1.82) is 0 Å². The molecule has 0 aromatic heterocycles. The Balaban J connectivity index is 2.25. The quantitative estimate of drug-likeness (QED) is 0.795. The first-order valence-corrected chi connectivity index (χ1v) is 7.72. The van der Waals surface area contributed by atoms with E-state index in [1.54, 1.807) is 6.07 Å². The van der Waals surface area contributed by atoms with Crippen molar-refractivity contribution >= 4 is 0 Å². The second-order valence-electron chi connectivity index (χ2n) is 5.82. The Kier molecular flexibility index (Phi) is 5.40. The van der Waals surface area contributed by atoms with E-state index in [1.165, 1.54) is 5.56 Å². The summed E-state index contributed by atoms with van der Waals surface area (Å²) in [5, 5.41) is 13.8. The highest BCUT2D eigenvalue weighted by Crippen LogP contribution is 2.31. The number of hydrogen-bond donors (Lipinski definition) is 2. The maximum absolute atomic E-state index is 10.1. The van der Waals surface area contributed by atoms with Gasteiger partial charge >= 0.3 is 0 Å². The van der Waals surface area contributed by atoms with Crippen LogP contribution in [0.5, 0.6) is 5.75 Å². The van der Waals surface area contributed by atoms with E-state index < -0.39 is 0 Å². The molecule has 21 heavy (non-hydrogen) atoms. The van der Waals surface area contributed by atoms with Crippen LogP contribution in [0.25, 0.3) is 0 Å². The zero-order chi connectivity index (χ0) is 15.2. The molecule has 0 aliphatic heterocycles. The summed E-state index contributed by atoms with van der Waals surface area (Å²) in [5.41, 5.74) is 2.27. The molecule has 2 aromatic rings. The zero-order valence-corrected chi connectivity index (χ0v) is 13.1. The van der Waals surface area contributed by atoms with Crippen LogP contribution in [-0.2, 0) is 0 Å². The third-order valence-electron chi connectivity index (χ3n) is 3.93. The molecule has 2 aromatic carbocycles. The lowest BCUT2D eigenvalue weighted by molar-refractivity contribution is 0.349. The van der Waals surface area contributed by atoms with Crippen molar-refractivity contribution in [3.05, 3.63) is 65.7 Å². The van der Waals surface area contributed by atoms with Crippen LogP contribution in [0.4, 0.5) is 0 Å². The van der Waals surface area contributed by atoms with Crippen LogP contribution in [-0.4, -0.2) is 5.11 Å². The molecule has 2 nitrogen and oxygen atoms in total. The fourth-order valence-electron chi connectivity index (χ4n) is 2.76. The molecule has 0 amide bonds. The number of rotatable bonds is 6. The van der Waals surface area contributed by atoms with Crippen molar-refractivity contribution in [2.24, 2.45) is 5.92 Å². The topological polar surface area (TPSA) is 32.3 Å². The monoisotopic (exact) mass is 283 g/mol. The molecule has 2 unspecified atom stereocenters. The third kappa shape index (κ3) is 3.85. The van der Waals surface area contributed by atoms with Gasteiger partial charge in [-0.3, -0.25) is 0 Å². The Hall–Kier alpha value is -1.80. The molecule has 0 aliphatic carbocycles. The first kappa shape index (κ1) is 15.6. The summed E-state index contributed by atoms with van der Waals surface area (Å²) in [6.45, 7) is 6.59. The van der Waals surface area contributed by atoms with Crippen LogP contribution in [0.3, 0.4) is 0 Å². The fourth-order valence-corrected chi connectivity index (χ4v) is 2.76. The molecule has 2 N–H and O–H groups in total. The van der Waals surface area contributed by atoms with Gasteiger partial charge in [-0.2, -0.15) is 0 Å². The number of phenols is 1. The van der Waals surface area contributed by atoms with Gasteiger partial charge in [0.25, 0.3) is 0 Å². The normalized spacial score (nSPS) is 14.1. The first-order valence-electron chi connectivity index (χ1n) is 7.72. The van der Waals surface area contributed by atoms with Crippen molar-refractivity contribution in [3.8, 4) is 5.75 Å². The summed E-state index contributed by atoms with van der Waals surface area (Å²) >= 11 is 0. The zero-order valence-electron chi connectivity index (χ0n) is 13.1. The van der Waals surface area contributed by atoms with Gasteiger partial charge in [0.05, 0.1) is 0 Å². The number of para-hydroxylation sites is 1. The summed E-state index contributed by atoms with van der Waals surface area (Å²) in [4.78, 5) is 0. The fraction of sp³-hybridized carbons (Fsp3) is 0.368. The molecule has 2 atom stereocenters. The highest BCUT2D eigenvalue weighted by atomic mass is 16.3. The van der Waals surface area contributed by atoms with Crippen LogP contribution >= 0.6 is 0 Å². The highest BCUT2D eigenvalue weighted by molar-refractivity contribution is 5.35. The molecule has 0 radical (unpaired) electrons. The average molecular weight is 283 g/mol. The summed E-state index contributed by atoms with van der Waals surface area (Å²) in [7, 11) is 0. The Bertz CT molecular complexity index is 551. The number of nitrogens with one attached hydrogen (secondary N) is 1. The number of aromatic hydroxyl groups is 1. The molecule has 112 valence electrons. The van der Waals surface area contributed by atoms with E-state index in [2.05, 4.69) is 50.4 Å². The molecule has 0 heterocycles. The van der Waals surface area contributed by atoms with Crippen molar-refractivity contribution in [2.75, 3.05) is 0 Å². The minimum atomic E-state index is 0.152. The SMILES string of the molecule is CCC(NC(c1ccccc1)C(C)C)c1ccccc1O. The minimum absolute atomic E-state index is 0.152. The minimum Gasteiger partial charge on any atom is -0.508 e. The van der Waals surface area contributed by atoms with Crippen molar-refractivity contribution in [1.82, 2.24) is 5.32 Å². The van der Waals surface area contributed by atoms with Crippen LogP contribution < -0.4 is 5.32 Å². The lowest BCUT2D eigenvalue weighted by Gasteiger charge is -2.29. The highest BCUT2D eigenvalue weighted by Gasteiger charge is 2.21. The third-order valence-corrected chi connectivity index (χ3v) is 3.93. The molecule has 2 rings (SSSR count). The van der Waals surface area contributed by atoms with Gasteiger partial charge in [0, 0.05) is 17.6 Å². The number of phenolic OH excluding ortho intramolecular Hbond substituents is 1. The predicted octanol–water partition coefficient (Wildman–Crippen LogP) is 4.83.